The lowest BCUT2D eigenvalue weighted by atomic mass is 10.3. The predicted molar refractivity (Wildman–Crippen MR) is 62.6 cm³/mol. The fourth-order valence-corrected chi connectivity index (χ4v) is 1.41. The third kappa shape index (κ3) is 2.43. The van der Waals surface area contributed by atoms with Gasteiger partial charge in [0.1, 0.15) is 0 Å². The standard InChI is InChI=1S/C10H12ClN3O2/c1-13(10(16)14(2)9(12)15)8-6-4-3-5-7(8)11/h3-6H,1-2H3,(H2,12,15). The molecule has 0 heterocycles. The molecule has 0 radical (unpaired) electrons. The summed E-state index contributed by atoms with van der Waals surface area (Å²) in [7, 11) is 2.82. The van der Waals surface area contributed by atoms with Crippen LogP contribution in [0.4, 0.5) is 15.3 Å². The van der Waals surface area contributed by atoms with Gasteiger partial charge in [-0.25, -0.2) is 14.5 Å². The average Bonchev–Trinajstić information content (AvgIpc) is 2.26. The summed E-state index contributed by atoms with van der Waals surface area (Å²) in [5.41, 5.74) is 5.51. The number of nitrogens with two attached hydrogens (primary N) is 1. The van der Waals surface area contributed by atoms with Crippen molar-refractivity contribution in [2.24, 2.45) is 5.73 Å². The van der Waals surface area contributed by atoms with Crippen molar-refractivity contribution in [2.75, 3.05) is 19.0 Å². The molecule has 0 atom stereocenters. The molecule has 1 rings (SSSR count). The Hall–Kier alpha value is -1.75. The summed E-state index contributed by atoms with van der Waals surface area (Å²) in [4.78, 5) is 24.6. The Kier molecular flexibility index (Phi) is 3.73. The lowest BCUT2D eigenvalue weighted by molar-refractivity contribution is 0.205. The molecule has 0 unspecified atom stereocenters. The van der Waals surface area contributed by atoms with E-state index in [1.165, 1.54) is 19.0 Å². The first kappa shape index (κ1) is 12.3. The zero-order valence-electron chi connectivity index (χ0n) is 8.98. The Morgan fingerprint density at radius 2 is 1.81 bits per heavy atom. The number of para-hydroxylation sites is 1. The van der Waals surface area contributed by atoms with Crippen molar-refractivity contribution in [1.29, 1.82) is 0 Å². The molecular weight excluding hydrogens is 230 g/mol. The van der Waals surface area contributed by atoms with Crippen LogP contribution in [0.2, 0.25) is 5.02 Å². The van der Waals surface area contributed by atoms with E-state index in [1.807, 2.05) is 0 Å². The fraction of sp³-hybridized carbons (Fsp3) is 0.200. The largest absolute Gasteiger partial charge is 0.351 e. The van der Waals surface area contributed by atoms with Crippen LogP contribution in [0.5, 0.6) is 0 Å². The summed E-state index contributed by atoms with van der Waals surface area (Å²) in [6.07, 6.45) is 0. The molecular formula is C10H12ClN3O2. The van der Waals surface area contributed by atoms with Crippen LogP contribution in [-0.4, -0.2) is 31.1 Å². The van der Waals surface area contributed by atoms with Gasteiger partial charge in [-0.15, -0.1) is 0 Å². The molecule has 0 spiro atoms. The highest BCUT2D eigenvalue weighted by Gasteiger charge is 2.20. The second-order valence-electron chi connectivity index (χ2n) is 3.19. The highest BCUT2D eigenvalue weighted by molar-refractivity contribution is 6.33. The number of imide groups is 1. The zero-order valence-corrected chi connectivity index (χ0v) is 9.73. The topological polar surface area (TPSA) is 66.6 Å². The number of nitrogens with zero attached hydrogens (tertiary/aromatic N) is 2. The first-order valence-corrected chi connectivity index (χ1v) is 4.88. The van der Waals surface area contributed by atoms with Crippen LogP contribution in [0.25, 0.3) is 0 Å². The monoisotopic (exact) mass is 241 g/mol. The second-order valence-corrected chi connectivity index (χ2v) is 3.60. The van der Waals surface area contributed by atoms with Gasteiger partial charge in [0, 0.05) is 14.1 Å². The molecule has 6 heteroatoms. The number of hydrogen-bond acceptors (Lipinski definition) is 2. The summed E-state index contributed by atoms with van der Waals surface area (Å²) in [6.45, 7) is 0. The third-order valence-corrected chi connectivity index (χ3v) is 2.44. The first-order chi connectivity index (χ1) is 7.45. The van der Waals surface area contributed by atoms with E-state index in [-0.39, 0.29) is 0 Å². The maximum atomic E-state index is 11.7. The molecule has 0 aliphatic heterocycles. The molecule has 1 aromatic carbocycles. The van der Waals surface area contributed by atoms with Gasteiger partial charge >= 0.3 is 12.1 Å². The molecule has 0 saturated carbocycles. The van der Waals surface area contributed by atoms with Crippen molar-refractivity contribution in [3.05, 3.63) is 29.3 Å². The number of urea groups is 2. The zero-order chi connectivity index (χ0) is 12.3. The maximum absolute atomic E-state index is 11.7. The molecule has 1 aromatic rings. The third-order valence-electron chi connectivity index (χ3n) is 2.12. The van der Waals surface area contributed by atoms with Gasteiger partial charge in [0.15, 0.2) is 0 Å². The van der Waals surface area contributed by atoms with E-state index in [0.29, 0.717) is 10.7 Å². The minimum absolute atomic E-state index is 0.427. The minimum atomic E-state index is -0.816. The highest BCUT2D eigenvalue weighted by Crippen LogP contribution is 2.24. The first-order valence-electron chi connectivity index (χ1n) is 4.50. The highest BCUT2D eigenvalue weighted by atomic mass is 35.5. The number of carbonyl (C=O) groups excluding carboxylic acids is 2. The summed E-state index contributed by atoms with van der Waals surface area (Å²) in [6, 6.07) is 5.47. The van der Waals surface area contributed by atoms with Gasteiger partial charge in [-0.3, -0.25) is 4.90 Å². The summed E-state index contributed by atoms with van der Waals surface area (Å²) in [5, 5.41) is 0.427. The molecule has 4 amide bonds. The molecule has 86 valence electrons. The van der Waals surface area contributed by atoms with Crippen molar-refractivity contribution in [3.63, 3.8) is 0 Å². The summed E-state index contributed by atoms with van der Waals surface area (Å²) < 4.78 is 0. The number of benzene rings is 1. The molecule has 0 aliphatic rings. The Bertz CT molecular complexity index is 422. The number of rotatable bonds is 1. The molecule has 0 saturated heterocycles. The van der Waals surface area contributed by atoms with Crippen LogP contribution in [0.15, 0.2) is 24.3 Å². The molecule has 5 nitrogen and oxygen atoms in total. The number of amides is 4. The molecule has 0 bridgehead atoms. The molecule has 16 heavy (non-hydrogen) atoms. The molecule has 2 N–H and O–H groups in total. The van der Waals surface area contributed by atoms with E-state index >= 15 is 0 Å². The molecule has 0 aromatic heterocycles. The number of hydrogen-bond donors (Lipinski definition) is 1. The Morgan fingerprint density at radius 3 is 2.31 bits per heavy atom. The SMILES string of the molecule is CN(C(N)=O)C(=O)N(C)c1ccccc1Cl. The van der Waals surface area contributed by atoms with Crippen LogP contribution < -0.4 is 10.6 Å². The molecule has 0 aliphatic carbocycles. The second kappa shape index (κ2) is 4.85. The van der Waals surface area contributed by atoms with Crippen LogP contribution in [-0.2, 0) is 0 Å². The fourth-order valence-electron chi connectivity index (χ4n) is 1.15. The molecule has 0 fully saturated rings. The van der Waals surface area contributed by atoms with E-state index in [4.69, 9.17) is 17.3 Å². The number of halogens is 1. The number of primary amides is 1. The Balaban J connectivity index is 2.95. The lowest BCUT2D eigenvalue weighted by Crippen LogP contribution is -2.44. The van der Waals surface area contributed by atoms with E-state index < -0.39 is 12.1 Å². The van der Waals surface area contributed by atoms with E-state index in [9.17, 15) is 9.59 Å². The Labute approximate surface area is 98.4 Å². The van der Waals surface area contributed by atoms with Crippen molar-refractivity contribution in [2.45, 2.75) is 0 Å². The van der Waals surface area contributed by atoms with E-state index in [2.05, 4.69) is 0 Å². The van der Waals surface area contributed by atoms with Gasteiger partial charge in [-0.2, -0.15) is 0 Å². The maximum Gasteiger partial charge on any atom is 0.332 e. The van der Waals surface area contributed by atoms with Gasteiger partial charge in [0.2, 0.25) is 0 Å². The van der Waals surface area contributed by atoms with Gasteiger partial charge in [0.25, 0.3) is 0 Å². The van der Waals surface area contributed by atoms with Gasteiger partial charge in [0.05, 0.1) is 10.7 Å². The van der Waals surface area contributed by atoms with Crippen LogP contribution in [0, 0.1) is 0 Å². The van der Waals surface area contributed by atoms with Gasteiger partial charge in [-0.05, 0) is 12.1 Å². The average molecular weight is 242 g/mol. The normalized spacial score (nSPS) is 9.69. The van der Waals surface area contributed by atoms with Crippen molar-refractivity contribution in [1.82, 2.24) is 4.90 Å². The van der Waals surface area contributed by atoms with Gasteiger partial charge in [-0.1, -0.05) is 23.7 Å². The number of carbonyl (C=O) groups is 2. The van der Waals surface area contributed by atoms with Gasteiger partial charge < -0.3 is 5.73 Å². The van der Waals surface area contributed by atoms with Crippen LogP contribution >= 0.6 is 11.6 Å². The quantitative estimate of drug-likeness (QED) is 0.816. The van der Waals surface area contributed by atoms with Crippen LogP contribution in [0.1, 0.15) is 0 Å². The lowest BCUT2D eigenvalue weighted by Gasteiger charge is -2.22. The predicted octanol–water partition coefficient (Wildman–Crippen LogP) is 1.91. The van der Waals surface area contributed by atoms with Crippen LogP contribution in [0.3, 0.4) is 0 Å². The summed E-state index contributed by atoms with van der Waals surface area (Å²) in [5.74, 6) is 0. The summed E-state index contributed by atoms with van der Waals surface area (Å²) >= 11 is 5.92. The number of anilines is 1. The minimum Gasteiger partial charge on any atom is -0.351 e. The Morgan fingerprint density at radius 1 is 1.25 bits per heavy atom. The van der Waals surface area contributed by atoms with Crippen molar-refractivity contribution < 1.29 is 9.59 Å². The van der Waals surface area contributed by atoms with Crippen molar-refractivity contribution in [3.8, 4) is 0 Å². The van der Waals surface area contributed by atoms with Crippen molar-refractivity contribution >= 4 is 29.4 Å². The smallest absolute Gasteiger partial charge is 0.332 e. The van der Waals surface area contributed by atoms with E-state index in [0.717, 1.165) is 4.90 Å². The van der Waals surface area contributed by atoms with E-state index in [1.54, 1.807) is 24.3 Å².